The van der Waals surface area contributed by atoms with E-state index in [4.69, 9.17) is 4.74 Å². The lowest BCUT2D eigenvalue weighted by molar-refractivity contribution is -0.138. The van der Waals surface area contributed by atoms with Crippen molar-refractivity contribution < 1.29 is 23.8 Å². The van der Waals surface area contributed by atoms with E-state index >= 15 is 0 Å². The zero-order valence-corrected chi connectivity index (χ0v) is 23.2. The number of aliphatic carboxylic acids is 1. The summed E-state index contributed by atoms with van der Waals surface area (Å²) in [6.45, 7) is 2.89. The van der Waals surface area contributed by atoms with E-state index in [1.165, 1.54) is 22.8 Å². The first-order valence-corrected chi connectivity index (χ1v) is 13.5. The minimum atomic E-state index is -1.07. The molecular formula is C31H36FN3O5. The summed E-state index contributed by atoms with van der Waals surface area (Å²) in [5, 5.41) is 12.6. The van der Waals surface area contributed by atoms with Crippen LogP contribution in [0.5, 0.6) is 5.75 Å². The van der Waals surface area contributed by atoms with Crippen molar-refractivity contribution in [2.24, 2.45) is 0 Å². The van der Waals surface area contributed by atoms with E-state index in [-0.39, 0.29) is 12.0 Å². The predicted octanol–water partition coefficient (Wildman–Crippen LogP) is 4.50. The Morgan fingerprint density at radius 1 is 1.15 bits per heavy atom. The summed E-state index contributed by atoms with van der Waals surface area (Å²) >= 11 is 0. The number of nitrogens with one attached hydrogen (secondary N) is 1. The molecule has 1 aliphatic rings. The molecule has 8 nitrogen and oxygen atoms in total. The van der Waals surface area contributed by atoms with Crippen molar-refractivity contribution >= 4 is 11.9 Å². The van der Waals surface area contributed by atoms with Gasteiger partial charge in [-0.15, -0.1) is 0 Å². The van der Waals surface area contributed by atoms with Crippen LogP contribution < -0.4 is 15.6 Å². The Morgan fingerprint density at radius 2 is 1.95 bits per heavy atom. The van der Waals surface area contributed by atoms with Gasteiger partial charge in [0.2, 0.25) is 5.91 Å². The molecule has 1 amide bonds. The molecular weight excluding hydrogens is 513 g/mol. The first-order valence-electron chi connectivity index (χ1n) is 13.5. The average molecular weight is 550 g/mol. The molecule has 9 heteroatoms. The number of carbonyl (C=O) groups is 2. The van der Waals surface area contributed by atoms with Gasteiger partial charge in [0.15, 0.2) is 0 Å². The van der Waals surface area contributed by atoms with Gasteiger partial charge in [0.25, 0.3) is 5.56 Å². The number of benzene rings is 2. The lowest BCUT2D eigenvalue weighted by Gasteiger charge is -2.25. The maximum Gasteiger partial charge on any atom is 0.305 e. The molecule has 0 fully saturated rings. The number of amides is 1. The van der Waals surface area contributed by atoms with Crippen molar-refractivity contribution in [3.8, 4) is 16.9 Å². The second-order valence-electron chi connectivity index (χ2n) is 10.6. The lowest BCUT2D eigenvalue weighted by Crippen LogP contribution is -2.39. The van der Waals surface area contributed by atoms with Crippen molar-refractivity contribution in [2.45, 2.75) is 51.1 Å². The molecule has 1 aromatic heterocycles. The number of rotatable bonds is 6. The highest BCUT2D eigenvalue weighted by Crippen LogP contribution is 2.36. The third-order valence-corrected chi connectivity index (χ3v) is 7.15. The summed E-state index contributed by atoms with van der Waals surface area (Å²) in [6.07, 6.45) is 3.58. The Bertz CT molecular complexity index is 1430. The van der Waals surface area contributed by atoms with Crippen LogP contribution in [0.3, 0.4) is 0 Å². The van der Waals surface area contributed by atoms with Gasteiger partial charge >= 0.3 is 5.97 Å². The Balaban J connectivity index is 1.76. The monoisotopic (exact) mass is 549 g/mol. The number of nitrogens with zero attached hydrogens (tertiary/aromatic N) is 2. The first kappa shape index (κ1) is 29.0. The maximum absolute atomic E-state index is 14.3. The van der Waals surface area contributed by atoms with Gasteiger partial charge in [-0.05, 0) is 81.1 Å². The maximum atomic E-state index is 14.3. The van der Waals surface area contributed by atoms with Crippen LogP contribution in [0, 0.1) is 12.7 Å². The molecule has 0 spiro atoms. The number of fused-ring (bicyclic) bond motifs is 4. The van der Waals surface area contributed by atoms with E-state index in [0.29, 0.717) is 49.2 Å². The van der Waals surface area contributed by atoms with Crippen molar-refractivity contribution in [3.05, 3.63) is 87.6 Å². The zero-order chi connectivity index (χ0) is 28.8. The second kappa shape index (κ2) is 12.9. The molecule has 0 radical (unpaired) electrons. The van der Waals surface area contributed by atoms with Gasteiger partial charge in [0.05, 0.1) is 19.1 Å². The number of ether oxygens (including phenoxy) is 1. The summed E-state index contributed by atoms with van der Waals surface area (Å²) in [6, 6.07) is 11.6. The van der Waals surface area contributed by atoms with Crippen LogP contribution in [0.4, 0.5) is 4.39 Å². The fourth-order valence-corrected chi connectivity index (χ4v) is 5.11. The van der Waals surface area contributed by atoms with E-state index in [2.05, 4.69) is 5.32 Å². The van der Waals surface area contributed by atoms with Crippen LogP contribution in [-0.2, 0) is 16.0 Å². The van der Waals surface area contributed by atoms with Crippen molar-refractivity contribution in [1.82, 2.24) is 14.8 Å². The molecule has 2 aromatic carbocycles. The van der Waals surface area contributed by atoms with Crippen molar-refractivity contribution in [2.75, 3.05) is 27.2 Å². The standard InChI is InChI=1S/C31H36FN3O5/c1-20-15-24(32)17-27-30(20)23-8-6-7-22(16-23)25(18-29(37)38)33-31(39)26(9-4-5-14-40-27)35-19-21(10-11-28(35)36)12-13-34(2)3/h6-8,10-11,15-17,19,25-26H,4-5,9,12-14,18H2,1-3H3,(H,33,39)(H,37,38)/t25-,26-/m0/s1. The van der Waals surface area contributed by atoms with Gasteiger partial charge in [-0.2, -0.15) is 0 Å². The summed E-state index contributed by atoms with van der Waals surface area (Å²) in [5.41, 5.74) is 3.35. The van der Waals surface area contributed by atoms with E-state index in [0.717, 1.165) is 23.2 Å². The number of aromatic nitrogens is 1. The molecule has 2 bridgehead atoms. The highest BCUT2D eigenvalue weighted by atomic mass is 19.1. The summed E-state index contributed by atoms with van der Waals surface area (Å²) in [5.74, 6) is -1.48. The van der Waals surface area contributed by atoms with Gasteiger partial charge < -0.3 is 24.6 Å². The van der Waals surface area contributed by atoms with E-state index in [1.54, 1.807) is 37.4 Å². The third kappa shape index (κ3) is 7.15. The van der Waals surface area contributed by atoms with Crippen LogP contribution in [-0.4, -0.2) is 53.7 Å². The lowest BCUT2D eigenvalue weighted by atomic mass is 9.94. The number of hydrogen-bond acceptors (Lipinski definition) is 5. The van der Waals surface area contributed by atoms with E-state index in [9.17, 15) is 23.9 Å². The van der Waals surface area contributed by atoms with Gasteiger partial charge in [-0.3, -0.25) is 14.4 Å². The quantitative estimate of drug-likeness (QED) is 0.470. The average Bonchev–Trinajstić information content (AvgIpc) is 2.89. The van der Waals surface area contributed by atoms with Gasteiger partial charge in [0.1, 0.15) is 17.6 Å². The molecule has 0 saturated heterocycles. The Labute approximate surface area is 233 Å². The number of carbonyl (C=O) groups excluding carboxylic acids is 1. The Kier molecular flexibility index (Phi) is 9.37. The van der Waals surface area contributed by atoms with Crippen LogP contribution in [0.1, 0.15) is 54.5 Å². The summed E-state index contributed by atoms with van der Waals surface area (Å²) in [4.78, 5) is 40.6. The van der Waals surface area contributed by atoms with Crippen LogP contribution in [0.15, 0.2) is 59.5 Å². The van der Waals surface area contributed by atoms with E-state index in [1.807, 2.05) is 25.1 Å². The van der Waals surface area contributed by atoms with Crippen LogP contribution in [0.2, 0.25) is 0 Å². The number of aryl methyl sites for hydroxylation is 1. The Morgan fingerprint density at radius 3 is 2.70 bits per heavy atom. The van der Waals surface area contributed by atoms with Gasteiger partial charge in [-0.1, -0.05) is 24.3 Å². The smallest absolute Gasteiger partial charge is 0.305 e. The van der Waals surface area contributed by atoms with Crippen LogP contribution in [0.25, 0.3) is 11.1 Å². The predicted molar refractivity (Wildman–Crippen MR) is 151 cm³/mol. The molecule has 2 atom stereocenters. The fourth-order valence-electron chi connectivity index (χ4n) is 5.11. The number of hydrogen-bond donors (Lipinski definition) is 2. The topological polar surface area (TPSA) is 101 Å². The van der Waals surface area contributed by atoms with Crippen molar-refractivity contribution in [3.63, 3.8) is 0 Å². The number of pyridine rings is 1. The normalized spacial score (nSPS) is 17.9. The molecule has 2 heterocycles. The SMILES string of the molecule is Cc1cc(F)cc2c1-c1cccc(c1)[C@H](CC(=O)O)NC(=O)[C@@H](n1cc(CCN(C)C)ccc1=O)CCCCO2. The number of carboxylic acids is 1. The largest absolute Gasteiger partial charge is 0.493 e. The molecule has 2 N–H and O–H groups in total. The summed E-state index contributed by atoms with van der Waals surface area (Å²) < 4.78 is 21.8. The number of halogens is 1. The molecule has 4 rings (SSSR count). The molecule has 1 aliphatic heterocycles. The van der Waals surface area contributed by atoms with Crippen molar-refractivity contribution in [1.29, 1.82) is 0 Å². The summed E-state index contributed by atoms with van der Waals surface area (Å²) in [7, 11) is 3.93. The number of carboxylic acid groups (broad SMARTS) is 1. The minimum Gasteiger partial charge on any atom is -0.493 e. The molecule has 0 unspecified atom stereocenters. The zero-order valence-electron chi connectivity index (χ0n) is 23.2. The van der Waals surface area contributed by atoms with Gasteiger partial charge in [-0.25, -0.2) is 4.39 Å². The van der Waals surface area contributed by atoms with Crippen LogP contribution >= 0.6 is 0 Å². The number of likely N-dealkylation sites (N-methyl/N-ethyl adjacent to an activating group) is 1. The van der Waals surface area contributed by atoms with E-state index < -0.39 is 29.8 Å². The minimum absolute atomic E-state index is 0.303. The fraction of sp³-hybridized carbons (Fsp3) is 0.387. The van der Waals surface area contributed by atoms with Gasteiger partial charge in [0, 0.05) is 30.4 Å². The molecule has 0 aliphatic carbocycles. The highest BCUT2D eigenvalue weighted by molar-refractivity contribution is 5.82. The third-order valence-electron chi connectivity index (χ3n) is 7.15. The molecule has 3 aromatic rings. The molecule has 212 valence electrons. The molecule has 40 heavy (non-hydrogen) atoms. The second-order valence-corrected chi connectivity index (χ2v) is 10.6. The Hall–Kier alpha value is -3.98. The molecule has 0 saturated carbocycles. The highest BCUT2D eigenvalue weighted by Gasteiger charge is 2.27. The first-order chi connectivity index (χ1) is 19.1.